The number of imidazole rings is 1. The molecular weight excluding hydrogens is 1550 g/mol. The zero-order valence-corrected chi connectivity index (χ0v) is 70.7. The van der Waals surface area contributed by atoms with E-state index in [0.29, 0.717) is 111 Å². The van der Waals surface area contributed by atoms with Crippen LogP contribution in [0.15, 0.2) is 117 Å². The van der Waals surface area contributed by atoms with Crippen LogP contribution in [0.3, 0.4) is 0 Å². The van der Waals surface area contributed by atoms with Gasteiger partial charge in [-0.2, -0.15) is 0 Å². The number of rotatable bonds is 45. The van der Waals surface area contributed by atoms with Gasteiger partial charge >= 0.3 is 0 Å². The molecule has 8 N–H and O–H groups in total. The van der Waals surface area contributed by atoms with Crippen LogP contribution in [0, 0.1) is 0 Å². The van der Waals surface area contributed by atoms with Gasteiger partial charge in [0.2, 0.25) is 17.6 Å². The van der Waals surface area contributed by atoms with Gasteiger partial charge in [-0.05, 0) is 109 Å². The quantitative estimate of drug-likeness (QED) is 0.0141. The zero-order valence-electron chi connectivity index (χ0n) is 70.7. The van der Waals surface area contributed by atoms with Crippen molar-refractivity contribution in [2.75, 3.05) is 60.3 Å². The third kappa shape index (κ3) is 24.3. The number of nitrogens with zero attached hydrogens (tertiary/aromatic N) is 11. The number of nitrogens with one attached hydrogen (secondary N) is 8. The second-order valence-corrected chi connectivity index (χ2v) is 31.4. The standard InChI is InChI=1S/C87H105N19O15/c1-53(107)90-59-38-73(103(10)47-59)85(119)93-62-41-72(102(9)50-62)84(118)89-27-25-81(116)91-60-39-74(104(11)48-60)86(120)95-63-42-75(105(12)51-63)87(121)94-61-40-71(101(8)49-61)83(117)88-26-18-22-66(110)37-58-52-106(13)82(92-58)80(115)36-57-33-70(100(7)46-57)79(114)35-56-32-68(98(5)45-56)77(112)24-17-21-65(109)29-54-30-69(99(6)43-54)78(113)34-55-31-67(97(4)44-55)76(111)23-16-20-64(108)19-14-15-28-96(2)3/h30-33,38-52H,14-29,34-37H2,1-13H3,(H,88,117)(H,89,118)(H,90,107)(H,91,116)(H,93,119)(H,94,121)(H,95,120)/p+1. The molecule has 34 heteroatoms. The summed E-state index contributed by atoms with van der Waals surface area (Å²) in [5.74, 6) is -4.20. The smallest absolute Gasteiger partial charge is 0.272 e. The predicted octanol–water partition coefficient (Wildman–Crippen LogP) is 6.94. The van der Waals surface area contributed by atoms with Gasteiger partial charge in [-0.3, -0.25) is 71.9 Å². The third-order valence-electron chi connectivity index (χ3n) is 20.7. The number of hydrogen-bond acceptors (Lipinski definition) is 16. The van der Waals surface area contributed by atoms with Gasteiger partial charge in [0.25, 0.3) is 29.5 Å². The lowest BCUT2D eigenvalue weighted by Gasteiger charge is -2.06. The molecule has 7 amide bonds. The topological polar surface area (TPSA) is 407 Å². The summed E-state index contributed by atoms with van der Waals surface area (Å²) in [6, 6.07) is 14.2. The summed E-state index contributed by atoms with van der Waals surface area (Å²) >= 11 is 0. The van der Waals surface area contributed by atoms with Crippen molar-refractivity contribution in [1.82, 2.24) is 61.3 Å². The highest BCUT2D eigenvalue weighted by Gasteiger charge is 2.26. The van der Waals surface area contributed by atoms with E-state index in [2.05, 4.69) is 56.3 Å². The summed E-state index contributed by atoms with van der Waals surface area (Å²) in [7, 11) is 20.9. The molecule has 0 aliphatic rings. The maximum absolute atomic E-state index is 13.8. The van der Waals surface area contributed by atoms with Crippen molar-refractivity contribution in [3.05, 3.63) is 202 Å². The van der Waals surface area contributed by atoms with E-state index in [9.17, 15) is 71.9 Å². The summed E-state index contributed by atoms with van der Waals surface area (Å²) in [5.41, 5.74) is 7.36. The van der Waals surface area contributed by atoms with E-state index in [-0.39, 0.29) is 164 Å². The minimum absolute atomic E-state index is 0.0237. The molecular formula is C87H106N19O15+. The number of hydrogen-bond donors (Lipinski definition) is 8. The van der Waals surface area contributed by atoms with Gasteiger partial charge in [-0.15, -0.1) is 0 Å². The Bertz CT molecular complexity index is 5660. The van der Waals surface area contributed by atoms with Crippen molar-refractivity contribution in [2.24, 2.45) is 70.5 Å². The Kier molecular flexibility index (Phi) is 29.8. The van der Waals surface area contributed by atoms with E-state index in [1.165, 1.54) is 60.4 Å². The molecule has 0 aliphatic heterocycles. The van der Waals surface area contributed by atoms with Crippen LogP contribution in [-0.4, -0.2) is 172 Å². The van der Waals surface area contributed by atoms with Crippen molar-refractivity contribution in [1.29, 1.82) is 0 Å². The fourth-order valence-electron chi connectivity index (χ4n) is 14.7. The fourth-order valence-corrected chi connectivity index (χ4v) is 14.7. The first-order valence-corrected chi connectivity index (χ1v) is 40.0. The van der Waals surface area contributed by atoms with Crippen LogP contribution >= 0.6 is 0 Å². The number of carbonyl (C=O) groups excluding carboxylic acids is 15. The molecule has 638 valence electrons. The number of anilines is 5. The Morgan fingerprint density at radius 3 is 1.06 bits per heavy atom. The second-order valence-electron chi connectivity index (χ2n) is 31.4. The number of aromatic nitrogens is 11. The van der Waals surface area contributed by atoms with Gasteiger partial charge in [0, 0.05) is 223 Å². The third-order valence-corrected chi connectivity index (χ3v) is 20.7. The molecule has 0 spiro atoms. The molecule has 10 aromatic rings. The molecule has 10 heterocycles. The molecule has 0 bridgehead atoms. The number of quaternary nitrogens is 1. The number of unbranched alkanes of at least 4 members (excludes halogenated alkanes) is 1. The summed E-state index contributed by atoms with van der Waals surface area (Å²) in [6.07, 6.45) is 20.6. The number of Topliss-reactive ketones (excluding diaryl/α,β-unsaturated/α-hetero) is 8. The van der Waals surface area contributed by atoms with Gasteiger partial charge in [0.1, 0.15) is 45.8 Å². The molecule has 0 aromatic carbocycles. The molecule has 0 saturated heterocycles. The van der Waals surface area contributed by atoms with E-state index in [1.54, 1.807) is 184 Å². The van der Waals surface area contributed by atoms with Crippen LogP contribution in [0.5, 0.6) is 0 Å². The molecule has 10 aromatic heterocycles. The van der Waals surface area contributed by atoms with E-state index in [0.717, 1.165) is 19.4 Å². The van der Waals surface area contributed by atoms with Crippen molar-refractivity contribution in [3.8, 4) is 0 Å². The minimum Gasteiger partial charge on any atom is -0.351 e. The van der Waals surface area contributed by atoms with Gasteiger partial charge in [0.15, 0.2) is 29.0 Å². The SMILES string of the molecule is CC(=O)Nc1cc(C(=O)Nc2cc(C(=O)NCCC(=O)Nc3cc(C(=O)Nc4cc(C(=O)Nc5cc(C(=O)NCCCC(=O)Cc6cn(C)c(C(=O)Cc7cc(C(=O)Cc8cc(C(=O)CCCC(=O)Cc9cc(C(=O)Cc%10cc(C(=O)CCCC(=O)CCCC[NH+](C)C)n(C)c%10)n(C)c9)n(C)c8)n(C)c7)n6)n(C)c5)n(C)c4)n(C)c3)n(C)c2)n(C)c1. The minimum atomic E-state index is -0.542. The van der Waals surface area contributed by atoms with Crippen LogP contribution in [0.1, 0.15) is 217 Å². The Hall–Kier alpha value is -13.7. The second kappa shape index (κ2) is 40.2. The first-order chi connectivity index (χ1) is 57.4. The molecule has 0 atom stereocenters. The lowest BCUT2D eigenvalue weighted by molar-refractivity contribution is -0.858. The highest BCUT2D eigenvalue weighted by atomic mass is 16.2. The lowest BCUT2D eigenvalue weighted by Crippen LogP contribution is -3.05. The number of ketones is 8. The fraction of sp³-hybridized carbons (Fsp3) is 0.379. The maximum atomic E-state index is 13.8. The maximum Gasteiger partial charge on any atom is 0.272 e. The number of carbonyl (C=O) groups is 15. The molecule has 34 nitrogen and oxygen atoms in total. The average Bonchev–Trinajstić information content (AvgIpc) is 1.66. The van der Waals surface area contributed by atoms with E-state index in [1.807, 2.05) is 0 Å². The Balaban J connectivity index is 0.598. The highest BCUT2D eigenvalue weighted by Crippen LogP contribution is 2.25. The van der Waals surface area contributed by atoms with Crippen LogP contribution in [-0.2, 0) is 127 Å². The van der Waals surface area contributed by atoms with Crippen LogP contribution in [0.25, 0.3) is 0 Å². The molecule has 0 unspecified atom stereocenters. The molecule has 0 aliphatic carbocycles. The zero-order chi connectivity index (χ0) is 87.8. The van der Waals surface area contributed by atoms with Crippen molar-refractivity contribution in [3.63, 3.8) is 0 Å². The molecule has 121 heavy (non-hydrogen) atoms. The van der Waals surface area contributed by atoms with E-state index in [4.69, 9.17) is 0 Å². The predicted molar refractivity (Wildman–Crippen MR) is 452 cm³/mol. The highest BCUT2D eigenvalue weighted by molar-refractivity contribution is 6.09. The molecule has 0 radical (unpaired) electrons. The summed E-state index contributed by atoms with van der Waals surface area (Å²) < 4.78 is 15.9. The molecule has 10 rings (SSSR count). The van der Waals surface area contributed by atoms with Crippen molar-refractivity contribution in [2.45, 2.75) is 116 Å². The summed E-state index contributed by atoms with van der Waals surface area (Å²) in [6.45, 7) is 2.48. The first kappa shape index (κ1) is 89.7. The van der Waals surface area contributed by atoms with Crippen LogP contribution < -0.4 is 42.1 Å². The number of amides is 7. The lowest BCUT2D eigenvalue weighted by atomic mass is 10.0. The Labute approximate surface area is 699 Å². The molecule has 0 fully saturated rings. The monoisotopic (exact) mass is 1660 g/mol. The molecule has 0 saturated carbocycles. The first-order valence-electron chi connectivity index (χ1n) is 40.0. The van der Waals surface area contributed by atoms with Gasteiger partial charge in [-0.25, -0.2) is 4.98 Å². The van der Waals surface area contributed by atoms with Gasteiger partial charge < -0.3 is 87.8 Å². The Morgan fingerprint density at radius 2 is 0.636 bits per heavy atom. The Morgan fingerprint density at radius 1 is 0.298 bits per heavy atom. The van der Waals surface area contributed by atoms with Gasteiger partial charge in [0.05, 0.1) is 84.0 Å². The van der Waals surface area contributed by atoms with E-state index >= 15 is 0 Å². The van der Waals surface area contributed by atoms with Crippen LogP contribution in [0.4, 0.5) is 28.4 Å². The summed E-state index contributed by atoms with van der Waals surface area (Å²) in [4.78, 5) is 203. The summed E-state index contributed by atoms with van der Waals surface area (Å²) in [5, 5.41) is 19.2. The largest absolute Gasteiger partial charge is 0.351 e. The normalized spacial score (nSPS) is 11.3. The van der Waals surface area contributed by atoms with Gasteiger partial charge in [-0.1, -0.05) is 0 Å². The van der Waals surface area contributed by atoms with E-state index < -0.39 is 35.4 Å². The van der Waals surface area contributed by atoms with Crippen LogP contribution in [0.2, 0.25) is 0 Å². The van der Waals surface area contributed by atoms with Crippen molar-refractivity contribution < 1.29 is 76.8 Å². The number of aryl methyl sites for hydroxylation is 10. The van der Waals surface area contributed by atoms with Crippen molar-refractivity contribution >= 4 is 116 Å². The average molecular weight is 1660 g/mol.